The van der Waals surface area contributed by atoms with E-state index >= 15 is 0 Å². The van der Waals surface area contributed by atoms with Crippen molar-refractivity contribution in [3.05, 3.63) is 42.0 Å². The highest BCUT2D eigenvalue weighted by Crippen LogP contribution is 2.13. The number of piperidine rings is 1. The summed E-state index contributed by atoms with van der Waals surface area (Å²) >= 11 is 0. The second-order valence-corrected chi connectivity index (χ2v) is 5.38. The molecular formula is C18H24N2O2. The van der Waals surface area contributed by atoms with Crippen molar-refractivity contribution in [3.8, 4) is 11.8 Å². The molecule has 0 aliphatic carbocycles. The number of benzene rings is 1. The minimum atomic E-state index is 0.418. The molecular weight excluding hydrogens is 276 g/mol. The van der Waals surface area contributed by atoms with E-state index in [1.165, 1.54) is 0 Å². The number of nitriles is 1. The van der Waals surface area contributed by atoms with Crippen molar-refractivity contribution < 1.29 is 9.47 Å². The summed E-state index contributed by atoms with van der Waals surface area (Å²) in [5.74, 6) is 0.761. The van der Waals surface area contributed by atoms with Crippen LogP contribution in [0, 0.1) is 11.3 Å². The van der Waals surface area contributed by atoms with Crippen LogP contribution in [0.5, 0.6) is 5.75 Å². The zero-order chi connectivity index (χ0) is 15.5. The normalized spacial score (nSPS) is 15.8. The lowest BCUT2D eigenvalue weighted by Gasteiger charge is -2.22. The van der Waals surface area contributed by atoms with Crippen molar-refractivity contribution in [3.63, 3.8) is 0 Å². The Kier molecular flexibility index (Phi) is 7.51. The van der Waals surface area contributed by atoms with Gasteiger partial charge >= 0.3 is 0 Å². The monoisotopic (exact) mass is 300 g/mol. The van der Waals surface area contributed by atoms with E-state index in [9.17, 15) is 0 Å². The van der Waals surface area contributed by atoms with Crippen molar-refractivity contribution in [2.75, 3.05) is 26.3 Å². The largest absolute Gasteiger partial charge is 0.494 e. The Labute approximate surface area is 132 Å². The summed E-state index contributed by atoms with van der Waals surface area (Å²) < 4.78 is 11.4. The molecule has 4 nitrogen and oxygen atoms in total. The van der Waals surface area contributed by atoms with Gasteiger partial charge in [0.25, 0.3) is 0 Å². The molecule has 1 fully saturated rings. The Hall–Kier alpha value is -1.83. The van der Waals surface area contributed by atoms with Crippen molar-refractivity contribution in [1.29, 1.82) is 5.26 Å². The molecule has 0 amide bonds. The lowest BCUT2D eigenvalue weighted by Crippen LogP contribution is -2.32. The molecule has 1 N–H and O–H groups in total. The predicted molar refractivity (Wildman–Crippen MR) is 86.9 cm³/mol. The van der Waals surface area contributed by atoms with Gasteiger partial charge in [0.2, 0.25) is 0 Å². The van der Waals surface area contributed by atoms with Gasteiger partial charge in [0.15, 0.2) is 0 Å². The summed E-state index contributed by atoms with van der Waals surface area (Å²) in [6.07, 6.45) is 8.83. The summed E-state index contributed by atoms with van der Waals surface area (Å²) in [6.45, 7) is 3.50. The van der Waals surface area contributed by atoms with Gasteiger partial charge in [-0.25, -0.2) is 0 Å². The Morgan fingerprint density at radius 3 is 2.95 bits per heavy atom. The highest BCUT2D eigenvalue weighted by molar-refractivity contribution is 5.36. The third-order valence-electron chi connectivity index (χ3n) is 3.63. The van der Waals surface area contributed by atoms with Crippen LogP contribution in [0.4, 0.5) is 0 Å². The molecule has 118 valence electrons. The van der Waals surface area contributed by atoms with Gasteiger partial charge < -0.3 is 14.8 Å². The summed E-state index contributed by atoms with van der Waals surface area (Å²) in [5, 5.41) is 12.1. The van der Waals surface area contributed by atoms with Crippen LogP contribution < -0.4 is 10.1 Å². The van der Waals surface area contributed by atoms with Crippen LogP contribution in [-0.4, -0.2) is 32.4 Å². The van der Waals surface area contributed by atoms with E-state index in [0.29, 0.717) is 24.9 Å². The summed E-state index contributed by atoms with van der Waals surface area (Å²) in [6, 6.07) is 9.37. The SMILES string of the molecule is N#Cc1cccc(OCCC/C=C\COC2CCNCC2)c1. The topological polar surface area (TPSA) is 54.3 Å². The Morgan fingerprint density at radius 1 is 1.27 bits per heavy atom. The van der Waals surface area contributed by atoms with E-state index in [1.54, 1.807) is 12.1 Å². The van der Waals surface area contributed by atoms with Crippen molar-refractivity contribution in [2.45, 2.75) is 31.8 Å². The number of hydrogen-bond acceptors (Lipinski definition) is 4. The standard InChI is InChI=1S/C18H24N2O2/c19-15-16-6-5-7-18(14-16)22-13-4-2-1-3-12-21-17-8-10-20-11-9-17/h1,3,5-7,14,17,20H,2,4,8-13H2/b3-1-. The first kappa shape index (κ1) is 16.5. The van der Waals surface area contributed by atoms with Crippen LogP contribution >= 0.6 is 0 Å². The first-order valence-electron chi connectivity index (χ1n) is 7.99. The molecule has 1 heterocycles. The molecule has 2 rings (SSSR count). The summed E-state index contributed by atoms with van der Waals surface area (Å²) in [5.41, 5.74) is 0.632. The highest BCUT2D eigenvalue weighted by atomic mass is 16.5. The predicted octanol–water partition coefficient (Wildman–Crippen LogP) is 3.04. The molecule has 1 aliphatic rings. The maximum Gasteiger partial charge on any atom is 0.120 e. The van der Waals surface area contributed by atoms with Crippen molar-refractivity contribution in [1.82, 2.24) is 5.32 Å². The van der Waals surface area contributed by atoms with E-state index in [1.807, 2.05) is 12.1 Å². The number of rotatable bonds is 8. The van der Waals surface area contributed by atoms with E-state index < -0.39 is 0 Å². The fourth-order valence-electron chi connectivity index (χ4n) is 2.39. The van der Waals surface area contributed by atoms with Crippen LogP contribution in [-0.2, 0) is 4.74 Å². The summed E-state index contributed by atoms with van der Waals surface area (Å²) in [7, 11) is 0. The van der Waals surface area contributed by atoms with Crippen LogP contribution in [0.15, 0.2) is 36.4 Å². The molecule has 0 unspecified atom stereocenters. The number of nitrogens with one attached hydrogen (secondary N) is 1. The van der Waals surface area contributed by atoms with E-state index in [-0.39, 0.29) is 0 Å². The van der Waals surface area contributed by atoms with Gasteiger partial charge in [-0.1, -0.05) is 18.2 Å². The van der Waals surface area contributed by atoms with Crippen LogP contribution in [0.1, 0.15) is 31.2 Å². The second kappa shape index (κ2) is 9.99. The lowest BCUT2D eigenvalue weighted by molar-refractivity contribution is 0.0514. The number of hydrogen-bond donors (Lipinski definition) is 1. The minimum absolute atomic E-state index is 0.418. The third kappa shape index (κ3) is 6.30. The zero-order valence-electron chi connectivity index (χ0n) is 13.0. The van der Waals surface area contributed by atoms with Gasteiger partial charge in [0, 0.05) is 0 Å². The van der Waals surface area contributed by atoms with E-state index in [0.717, 1.165) is 44.5 Å². The van der Waals surface area contributed by atoms with Gasteiger partial charge in [-0.15, -0.1) is 0 Å². The quantitative estimate of drug-likeness (QED) is 0.592. The van der Waals surface area contributed by atoms with Crippen molar-refractivity contribution in [2.24, 2.45) is 0 Å². The van der Waals surface area contributed by atoms with Crippen LogP contribution in [0.3, 0.4) is 0 Å². The molecule has 0 atom stereocenters. The molecule has 0 radical (unpaired) electrons. The maximum absolute atomic E-state index is 8.82. The van der Waals surface area contributed by atoms with Crippen LogP contribution in [0.25, 0.3) is 0 Å². The summed E-state index contributed by atoms with van der Waals surface area (Å²) in [4.78, 5) is 0. The van der Waals surface area contributed by atoms with Gasteiger partial charge in [-0.2, -0.15) is 5.26 Å². The molecule has 1 aromatic rings. The van der Waals surface area contributed by atoms with Gasteiger partial charge in [-0.3, -0.25) is 0 Å². The fraction of sp³-hybridized carbons (Fsp3) is 0.500. The van der Waals surface area contributed by atoms with Crippen LogP contribution in [0.2, 0.25) is 0 Å². The minimum Gasteiger partial charge on any atom is -0.494 e. The molecule has 0 saturated carbocycles. The molecule has 0 spiro atoms. The zero-order valence-corrected chi connectivity index (χ0v) is 13.0. The average Bonchev–Trinajstić information content (AvgIpc) is 2.58. The first-order chi connectivity index (χ1) is 10.9. The Bertz CT molecular complexity index is 502. The molecule has 0 bridgehead atoms. The third-order valence-corrected chi connectivity index (χ3v) is 3.63. The van der Waals surface area contributed by atoms with Gasteiger partial charge in [-0.05, 0) is 57.0 Å². The number of ether oxygens (including phenoxy) is 2. The Morgan fingerprint density at radius 2 is 2.14 bits per heavy atom. The Balaban J connectivity index is 1.51. The molecule has 1 saturated heterocycles. The molecule has 1 aliphatic heterocycles. The average molecular weight is 300 g/mol. The smallest absolute Gasteiger partial charge is 0.120 e. The second-order valence-electron chi connectivity index (χ2n) is 5.38. The molecule has 0 aromatic heterocycles. The number of unbranched alkanes of at least 4 members (excludes halogenated alkanes) is 1. The van der Waals surface area contributed by atoms with Gasteiger partial charge in [0.05, 0.1) is 31.0 Å². The molecule has 1 aromatic carbocycles. The van der Waals surface area contributed by atoms with E-state index in [4.69, 9.17) is 14.7 Å². The fourth-order valence-corrected chi connectivity index (χ4v) is 2.39. The van der Waals surface area contributed by atoms with E-state index in [2.05, 4.69) is 23.5 Å². The highest BCUT2D eigenvalue weighted by Gasteiger charge is 2.11. The van der Waals surface area contributed by atoms with Gasteiger partial charge in [0.1, 0.15) is 5.75 Å². The number of allylic oxidation sites excluding steroid dienone is 1. The molecule has 22 heavy (non-hydrogen) atoms. The van der Waals surface area contributed by atoms with Crippen molar-refractivity contribution >= 4 is 0 Å². The first-order valence-corrected chi connectivity index (χ1v) is 7.99. The maximum atomic E-state index is 8.82. The molecule has 4 heteroatoms. The lowest BCUT2D eigenvalue weighted by atomic mass is 10.1. The number of nitrogens with zero attached hydrogens (tertiary/aromatic N) is 1.